The van der Waals surface area contributed by atoms with Crippen molar-refractivity contribution in [2.75, 3.05) is 13.1 Å². The molecule has 110 valence electrons. The third kappa shape index (κ3) is 3.32. The topological polar surface area (TPSA) is 101 Å². The SMILES string of the molecule is NC(=O)CN(CC(=O)O)C(=O)c1sc2ccccc2c1Cl. The van der Waals surface area contributed by atoms with E-state index in [1.807, 2.05) is 6.07 Å². The molecule has 2 amide bonds. The standard InChI is InChI=1S/C13H11ClN2O4S/c14-11-7-3-1-2-4-8(7)21-12(11)13(20)16(5-9(15)17)6-10(18)19/h1-4H,5-6H2,(H2,15,17)(H,18,19). The molecule has 1 heterocycles. The van der Waals surface area contributed by atoms with E-state index in [2.05, 4.69) is 0 Å². The Morgan fingerprint density at radius 1 is 1.24 bits per heavy atom. The fourth-order valence-electron chi connectivity index (χ4n) is 1.85. The predicted molar refractivity (Wildman–Crippen MR) is 79.6 cm³/mol. The monoisotopic (exact) mass is 326 g/mol. The normalized spacial score (nSPS) is 10.5. The third-order valence-corrected chi connectivity index (χ3v) is 4.35. The number of carboxylic acids is 1. The molecule has 0 radical (unpaired) electrons. The van der Waals surface area contributed by atoms with Crippen molar-refractivity contribution in [2.45, 2.75) is 0 Å². The summed E-state index contributed by atoms with van der Waals surface area (Å²) in [6.45, 7) is -1.10. The highest BCUT2D eigenvalue weighted by molar-refractivity contribution is 7.21. The van der Waals surface area contributed by atoms with Gasteiger partial charge in [0, 0.05) is 10.1 Å². The first kappa shape index (κ1) is 15.3. The first-order chi connectivity index (χ1) is 9.90. The maximum Gasteiger partial charge on any atom is 0.323 e. The lowest BCUT2D eigenvalue weighted by Gasteiger charge is -2.18. The van der Waals surface area contributed by atoms with Gasteiger partial charge in [-0.1, -0.05) is 29.8 Å². The fourth-order valence-corrected chi connectivity index (χ4v) is 3.33. The van der Waals surface area contributed by atoms with Gasteiger partial charge in [0.05, 0.1) is 5.02 Å². The Bertz CT molecular complexity index is 712. The van der Waals surface area contributed by atoms with Crippen molar-refractivity contribution >= 4 is 50.8 Å². The number of aliphatic carboxylic acids is 1. The number of hydrogen-bond acceptors (Lipinski definition) is 4. The number of thiophene rings is 1. The molecule has 21 heavy (non-hydrogen) atoms. The minimum atomic E-state index is -1.23. The van der Waals surface area contributed by atoms with Gasteiger partial charge in [-0.3, -0.25) is 14.4 Å². The van der Waals surface area contributed by atoms with Crippen LogP contribution in [0.3, 0.4) is 0 Å². The molecule has 0 bridgehead atoms. The van der Waals surface area contributed by atoms with Gasteiger partial charge in [0.15, 0.2) is 0 Å². The maximum atomic E-state index is 12.4. The van der Waals surface area contributed by atoms with Crippen molar-refractivity contribution in [3.63, 3.8) is 0 Å². The minimum absolute atomic E-state index is 0.195. The lowest BCUT2D eigenvalue weighted by Crippen LogP contribution is -2.41. The summed E-state index contributed by atoms with van der Waals surface area (Å²) < 4.78 is 0.806. The number of carbonyl (C=O) groups is 3. The van der Waals surface area contributed by atoms with Crippen LogP contribution in [0.25, 0.3) is 10.1 Å². The van der Waals surface area contributed by atoms with E-state index in [1.54, 1.807) is 18.2 Å². The molecule has 0 spiro atoms. The van der Waals surface area contributed by atoms with Crippen LogP contribution in [0.1, 0.15) is 9.67 Å². The zero-order chi connectivity index (χ0) is 15.6. The van der Waals surface area contributed by atoms with Gasteiger partial charge in [-0.2, -0.15) is 0 Å². The Hall–Kier alpha value is -2.12. The van der Waals surface area contributed by atoms with E-state index in [4.69, 9.17) is 22.4 Å². The molecule has 0 atom stereocenters. The molecule has 0 saturated heterocycles. The number of benzene rings is 1. The molecule has 3 N–H and O–H groups in total. The molecular formula is C13H11ClN2O4S. The number of nitrogens with zero attached hydrogens (tertiary/aromatic N) is 1. The number of nitrogens with two attached hydrogens (primary N) is 1. The van der Waals surface area contributed by atoms with E-state index < -0.39 is 30.9 Å². The molecule has 2 rings (SSSR count). The van der Waals surface area contributed by atoms with Crippen molar-refractivity contribution in [3.8, 4) is 0 Å². The Labute approximate surface area is 128 Å². The number of primary amides is 1. The second-order valence-corrected chi connectivity index (χ2v) is 5.69. The molecule has 0 aliphatic rings. The summed E-state index contributed by atoms with van der Waals surface area (Å²) >= 11 is 7.31. The zero-order valence-corrected chi connectivity index (χ0v) is 12.3. The third-order valence-electron chi connectivity index (χ3n) is 2.69. The quantitative estimate of drug-likeness (QED) is 0.870. The zero-order valence-electron chi connectivity index (χ0n) is 10.7. The number of carbonyl (C=O) groups excluding carboxylic acids is 2. The Morgan fingerprint density at radius 2 is 1.90 bits per heavy atom. The highest BCUT2D eigenvalue weighted by Crippen LogP contribution is 2.35. The summed E-state index contributed by atoms with van der Waals surface area (Å²) in [5, 5.41) is 9.79. The molecule has 6 nitrogen and oxygen atoms in total. The van der Waals surface area contributed by atoms with Crippen LogP contribution in [0.5, 0.6) is 0 Å². The number of fused-ring (bicyclic) bond motifs is 1. The molecular weight excluding hydrogens is 316 g/mol. The van der Waals surface area contributed by atoms with Crippen LogP contribution in [-0.2, 0) is 9.59 Å². The highest BCUT2D eigenvalue weighted by atomic mass is 35.5. The van der Waals surface area contributed by atoms with Crippen LogP contribution in [0.2, 0.25) is 5.02 Å². The maximum absolute atomic E-state index is 12.4. The molecule has 0 aliphatic heterocycles. The summed E-state index contributed by atoms with van der Waals surface area (Å²) in [4.78, 5) is 35.2. The number of hydrogen-bond donors (Lipinski definition) is 2. The van der Waals surface area contributed by atoms with Gasteiger partial charge >= 0.3 is 5.97 Å². The number of carboxylic acid groups (broad SMARTS) is 1. The van der Waals surface area contributed by atoms with Crippen LogP contribution < -0.4 is 5.73 Å². The average molecular weight is 327 g/mol. The van der Waals surface area contributed by atoms with E-state index in [-0.39, 0.29) is 9.90 Å². The van der Waals surface area contributed by atoms with E-state index in [9.17, 15) is 14.4 Å². The molecule has 1 aromatic heterocycles. The van der Waals surface area contributed by atoms with Crippen LogP contribution in [-0.4, -0.2) is 40.9 Å². The van der Waals surface area contributed by atoms with Crippen molar-refractivity contribution < 1.29 is 19.5 Å². The second-order valence-electron chi connectivity index (χ2n) is 4.26. The van der Waals surface area contributed by atoms with E-state index in [0.29, 0.717) is 5.39 Å². The summed E-state index contributed by atoms with van der Waals surface area (Å²) in [5.74, 6) is -2.65. The number of rotatable bonds is 5. The van der Waals surface area contributed by atoms with Crippen LogP contribution in [0.15, 0.2) is 24.3 Å². The second kappa shape index (κ2) is 6.11. The van der Waals surface area contributed by atoms with Gasteiger partial charge in [0.2, 0.25) is 5.91 Å². The van der Waals surface area contributed by atoms with Gasteiger partial charge in [-0.25, -0.2) is 0 Å². The van der Waals surface area contributed by atoms with Crippen LogP contribution in [0.4, 0.5) is 0 Å². The minimum Gasteiger partial charge on any atom is -0.480 e. The molecule has 2 aromatic rings. The van der Waals surface area contributed by atoms with E-state index in [1.165, 1.54) is 0 Å². The first-order valence-electron chi connectivity index (χ1n) is 5.86. The predicted octanol–water partition coefficient (Wildman–Crippen LogP) is 1.57. The molecule has 0 saturated carbocycles. The average Bonchev–Trinajstić information content (AvgIpc) is 2.74. The smallest absolute Gasteiger partial charge is 0.323 e. The van der Waals surface area contributed by atoms with E-state index in [0.717, 1.165) is 20.9 Å². The highest BCUT2D eigenvalue weighted by Gasteiger charge is 2.25. The van der Waals surface area contributed by atoms with Crippen molar-refractivity contribution in [1.29, 1.82) is 0 Å². The van der Waals surface area contributed by atoms with Gasteiger partial charge in [-0.05, 0) is 6.07 Å². The molecule has 0 aliphatic carbocycles. The lowest BCUT2D eigenvalue weighted by atomic mass is 10.2. The van der Waals surface area contributed by atoms with Crippen molar-refractivity contribution in [1.82, 2.24) is 4.90 Å². The van der Waals surface area contributed by atoms with Gasteiger partial charge in [0.25, 0.3) is 5.91 Å². The van der Waals surface area contributed by atoms with Gasteiger partial charge < -0.3 is 15.7 Å². The lowest BCUT2D eigenvalue weighted by molar-refractivity contribution is -0.138. The van der Waals surface area contributed by atoms with Crippen LogP contribution in [0, 0.1) is 0 Å². The summed E-state index contributed by atoms with van der Waals surface area (Å²) in [6, 6.07) is 7.16. The molecule has 0 fully saturated rings. The van der Waals surface area contributed by atoms with Crippen molar-refractivity contribution in [3.05, 3.63) is 34.2 Å². The number of amides is 2. The largest absolute Gasteiger partial charge is 0.480 e. The summed E-state index contributed by atoms with van der Waals surface area (Å²) in [7, 11) is 0. The Morgan fingerprint density at radius 3 is 2.48 bits per heavy atom. The fraction of sp³-hybridized carbons (Fsp3) is 0.154. The Balaban J connectivity index is 2.40. The molecule has 1 aromatic carbocycles. The summed E-state index contributed by atoms with van der Waals surface area (Å²) in [6.07, 6.45) is 0. The number of halogens is 1. The van der Waals surface area contributed by atoms with Crippen LogP contribution >= 0.6 is 22.9 Å². The van der Waals surface area contributed by atoms with Gasteiger partial charge in [-0.15, -0.1) is 11.3 Å². The molecule has 8 heteroatoms. The van der Waals surface area contributed by atoms with Crippen molar-refractivity contribution in [2.24, 2.45) is 5.73 Å². The first-order valence-corrected chi connectivity index (χ1v) is 7.06. The summed E-state index contributed by atoms with van der Waals surface area (Å²) in [5.41, 5.74) is 5.04. The Kier molecular flexibility index (Phi) is 4.44. The molecule has 0 unspecified atom stereocenters. The van der Waals surface area contributed by atoms with Gasteiger partial charge in [0.1, 0.15) is 18.0 Å². The van der Waals surface area contributed by atoms with E-state index >= 15 is 0 Å².